The number of alkyl halides is 3. The van der Waals surface area contributed by atoms with Crippen molar-refractivity contribution in [3.8, 4) is 5.88 Å². The van der Waals surface area contributed by atoms with Gasteiger partial charge in [-0.3, -0.25) is 4.79 Å². The van der Waals surface area contributed by atoms with Gasteiger partial charge in [-0.15, -0.1) is 0 Å². The van der Waals surface area contributed by atoms with Crippen molar-refractivity contribution in [1.29, 1.82) is 0 Å². The van der Waals surface area contributed by atoms with E-state index >= 15 is 0 Å². The summed E-state index contributed by atoms with van der Waals surface area (Å²) in [4.78, 5) is 26.0. The molecule has 0 radical (unpaired) electrons. The highest BCUT2D eigenvalue weighted by molar-refractivity contribution is 6.40. The maximum Gasteiger partial charge on any atom is 0.421 e. The number of ether oxygens (including phenoxy) is 2. The van der Waals surface area contributed by atoms with Crippen LogP contribution in [-0.4, -0.2) is 30.5 Å². The number of pyridine rings is 1. The number of ketones is 1. The highest BCUT2D eigenvalue weighted by Crippen LogP contribution is 2.35. The van der Waals surface area contributed by atoms with Crippen molar-refractivity contribution in [2.45, 2.75) is 13.1 Å². The topological polar surface area (TPSA) is 65.5 Å². The molecule has 0 N–H and O–H groups in total. The number of carbonyl (C=O) groups is 2. The van der Waals surface area contributed by atoms with E-state index in [9.17, 15) is 22.8 Å². The van der Waals surface area contributed by atoms with Gasteiger partial charge in [-0.2, -0.15) is 13.2 Å². The second-order valence-electron chi connectivity index (χ2n) is 3.33. The van der Waals surface area contributed by atoms with Crippen LogP contribution < -0.4 is 4.74 Å². The fourth-order valence-corrected chi connectivity index (χ4v) is 1.26. The van der Waals surface area contributed by atoms with Gasteiger partial charge in [0.05, 0.1) is 13.7 Å². The normalized spacial score (nSPS) is 11.0. The largest absolute Gasteiger partial charge is 0.481 e. The molecule has 0 spiro atoms. The molecule has 8 heteroatoms. The lowest BCUT2D eigenvalue weighted by Gasteiger charge is -2.11. The van der Waals surface area contributed by atoms with Crippen LogP contribution in [0.5, 0.6) is 5.88 Å². The number of esters is 1. The number of rotatable bonds is 4. The van der Waals surface area contributed by atoms with Gasteiger partial charge >= 0.3 is 12.1 Å². The third kappa shape index (κ3) is 3.43. The highest BCUT2D eigenvalue weighted by atomic mass is 19.4. The Morgan fingerprint density at radius 2 is 2.00 bits per heavy atom. The van der Waals surface area contributed by atoms with Crippen LogP contribution in [0.1, 0.15) is 22.8 Å². The summed E-state index contributed by atoms with van der Waals surface area (Å²) in [7, 11) is 1.02. The van der Waals surface area contributed by atoms with Gasteiger partial charge in [0.15, 0.2) is 0 Å². The molecule has 0 saturated heterocycles. The van der Waals surface area contributed by atoms with E-state index in [1.807, 2.05) is 0 Å². The highest BCUT2D eigenvalue weighted by Gasteiger charge is 2.36. The molecule has 1 aromatic rings. The van der Waals surface area contributed by atoms with Crippen LogP contribution >= 0.6 is 0 Å². The Morgan fingerprint density at radius 1 is 1.37 bits per heavy atom. The van der Waals surface area contributed by atoms with Crippen LogP contribution in [0.2, 0.25) is 0 Å². The minimum atomic E-state index is -4.75. The SMILES string of the molecule is CCOC(=O)C(=O)c1cnc(OC)c(C(F)(F)F)c1. The zero-order chi connectivity index (χ0) is 14.6. The molecule has 0 aliphatic heterocycles. The number of aromatic nitrogens is 1. The molecule has 5 nitrogen and oxygen atoms in total. The minimum absolute atomic E-state index is 0.0553. The molecule has 0 aliphatic carbocycles. The van der Waals surface area contributed by atoms with E-state index in [1.165, 1.54) is 6.92 Å². The molecule has 0 unspecified atom stereocenters. The molecule has 19 heavy (non-hydrogen) atoms. The second kappa shape index (κ2) is 5.68. The molecule has 0 bridgehead atoms. The monoisotopic (exact) mass is 277 g/mol. The molecule has 0 saturated carbocycles. The molecule has 0 fully saturated rings. The number of Topliss-reactive ketones (excluding diaryl/α,β-unsaturated/α-hetero) is 1. The van der Waals surface area contributed by atoms with Gasteiger partial charge < -0.3 is 9.47 Å². The zero-order valence-electron chi connectivity index (χ0n) is 10.1. The summed E-state index contributed by atoms with van der Waals surface area (Å²) in [6.45, 7) is 1.42. The first-order chi connectivity index (χ1) is 8.81. The van der Waals surface area contributed by atoms with E-state index in [1.54, 1.807) is 0 Å². The fourth-order valence-electron chi connectivity index (χ4n) is 1.26. The van der Waals surface area contributed by atoms with Crippen LogP contribution in [0.4, 0.5) is 13.2 Å². The third-order valence-corrected chi connectivity index (χ3v) is 2.07. The van der Waals surface area contributed by atoms with Crippen molar-refractivity contribution in [3.63, 3.8) is 0 Å². The number of hydrogen-bond acceptors (Lipinski definition) is 5. The summed E-state index contributed by atoms with van der Waals surface area (Å²) < 4.78 is 46.9. The van der Waals surface area contributed by atoms with E-state index in [4.69, 9.17) is 0 Å². The van der Waals surface area contributed by atoms with E-state index in [-0.39, 0.29) is 6.61 Å². The van der Waals surface area contributed by atoms with Crippen LogP contribution in [0, 0.1) is 0 Å². The first-order valence-electron chi connectivity index (χ1n) is 5.14. The molecule has 1 heterocycles. The van der Waals surface area contributed by atoms with E-state index in [0.717, 1.165) is 13.3 Å². The number of hydrogen-bond donors (Lipinski definition) is 0. The van der Waals surface area contributed by atoms with Crippen molar-refractivity contribution in [1.82, 2.24) is 4.98 Å². The summed E-state index contributed by atoms with van der Waals surface area (Å²) in [6, 6.07) is 0.505. The summed E-state index contributed by atoms with van der Waals surface area (Å²) in [5, 5.41) is 0. The first-order valence-corrected chi connectivity index (χ1v) is 5.14. The molecular formula is C11H10F3NO4. The molecule has 1 rings (SSSR count). The quantitative estimate of drug-likeness (QED) is 0.477. The molecule has 1 aromatic heterocycles. The van der Waals surface area contributed by atoms with Crippen LogP contribution in [0.25, 0.3) is 0 Å². The summed E-state index contributed by atoms with van der Waals surface area (Å²) in [5.41, 5.74) is -1.74. The maximum absolute atomic E-state index is 12.7. The number of methoxy groups -OCH3 is 1. The zero-order valence-corrected chi connectivity index (χ0v) is 10.1. The average molecular weight is 277 g/mol. The lowest BCUT2D eigenvalue weighted by molar-refractivity contribution is -0.140. The van der Waals surface area contributed by atoms with Gasteiger partial charge in [-0.05, 0) is 13.0 Å². The summed E-state index contributed by atoms with van der Waals surface area (Å²) in [6.07, 6.45) is -3.92. The molecule has 0 atom stereocenters. The average Bonchev–Trinajstić information content (AvgIpc) is 2.36. The van der Waals surface area contributed by atoms with Gasteiger partial charge in [0.1, 0.15) is 5.56 Å². The van der Waals surface area contributed by atoms with Crippen molar-refractivity contribution in [3.05, 3.63) is 23.4 Å². The first kappa shape index (κ1) is 14.9. The van der Waals surface area contributed by atoms with Gasteiger partial charge in [0.25, 0.3) is 5.78 Å². The van der Waals surface area contributed by atoms with E-state index in [0.29, 0.717) is 6.07 Å². The molecule has 0 aliphatic rings. The lowest BCUT2D eigenvalue weighted by atomic mass is 10.1. The standard InChI is InChI=1S/C11H10F3NO4/c1-3-19-10(17)8(16)6-4-7(11(12,13)14)9(18-2)15-5-6/h4-5H,3H2,1-2H3. The number of nitrogens with zero attached hydrogens (tertiary/aromatic N) is 1. The van der Waals surface area contributed by atoms with Crippen LogP contribution in [0.15, 0.2) is 12.3 Å². The third-order valence-electron chi connectivity index (χ3n) is 2.07. The number of carbonyl (C=O) groups excluding carboxylic acids is 2. The molecular weight excluding hydrogens is 267 g/mol. The van der Waals surface area contributed by atoms with Crippen molar-refractivity contribution in [2.75, 3.05) is 13.7 Å². The predicted molar refractivity (Wildman–Crippen MR) is 56.8 cm³/mol. The molecule has 104 valence electrons. The minimum Gasteiger partial charge on any atom is -0.481 e. The smallest absolute Gasteiger partial charge is 0.421 e. The Kier molecular flexibility index (Phi) is 4.47. The van der Waals surface area contributed by atoms with Gasteiger partial charge in [-0.1, -0.05) is 0 Å². The van der Waals surface area contributed by atoms with Crippen molar-refractivity contribution >= 4 is 11.8 Å². The van der Waals surface area contributed by atoms with E-state index < -0.39 is 34.9 Å². The summed E-state index contributed by atoms with van der Waals surface area (Å²) in [5.74, 6) is -3.10. The predicted octanol–water partition coefficient (Wildman–Crippen LogP) is 1.85. The van der Waals surface area contributed by atoms with Gasteiger partial charge in [0.2, 0.25) is 5.88 Å². The molecule has 0 amide bonds. The summed E-state index contributed by atoms with van der Waals surface area (Å²) >= 11 is 0. The Labute approximate surface area is 106 Å². The van der Waals surface area contributed by atoms with Crippen LogP contribution in [0.3, 0.4) is 0 Å². The van der Waals surface area contributed by atoms with Gasteiger partial charge in [0, 0.05) is 11.8 Å². The van der Waals surface area contributed by atoms with E-state index in [2.05, 4.69) is 14.5 Å². The van der Waals surface area contributed by atoms with Crippen molar-refractivity contribution < 1.29 is 32.2 Å². The van der Waals surface area contributed by atoms with Crippen molar-refractivity contribution in [2.24, 2.45) is 0 Å². The fraction of sp³-hybridized carbons (Fsp3) is 0.364. The Hall–Kier alpha value is -2.12. The number of halogens is 3. The molecule has 0 aromatic carbocycles. The second-order valence-corrected chi connectivity index (χ2v) is 3.33. The maximum atomic E-state index is 12.7. The Bertz CT molecular complexity index is 499. The van der Waals surface area contributed by atoms with Crippen LogP contribution in [-0.2, 0) is 15.7 Å². The lowest BCUT2D eigenvalue weighted by Crippen LogP contribution is -2.19. The van der Waals surface area contributed by atoms with Gasteiger partial charge in [-0.25, -0.2) is 9.78 Å². The Morgan fingerprint density at radius 3 is 2.47 bits per heavy atom. The Balaban J connectivity index is 3.19.